The van der Waals surface area contributed by atoms with E-state index in [0.717, 1.165) is 47.5 Å². The first-order valence-corrected chi connectivity index (χ1v) is 8.96. The highest BCUT2D eigenvalue weighted by atomic mass is 16.1. The molecule has 2 N–H and O–H groups in total. The second kappa shape index (κ2) is 6.44. The number of aromatic amines is 1. The smallest absolute Gasteiger partial charge is 0.255 e. The second-order valence-corrected chi connectivity index (χ2v) is 7.00. The van der Waals surface area contributed by atoms with Crippen molar-refractivity contribution in [3.8, 4) is 0 Å². The highest BCUT2D eigenvalue weighted by Gasteiger charge is 2.25. The maximum atomic E-state index is 12.0. The molecule has 0 spiro atoms. The molecule has 0 aliphatic carbocycles. The lowest BCUT2D eigenvalue weighted by Crippen LogP contribution is -2.29. The van der Waals surface area contributed by atoms with Gasteiger partial charge in [-0.3, -0.25) is 14.8 Å². The quantitative estimate of drug-likeness (QED) is 0.760. The van der Waals surface area contributed by atoms with Crippen LogP contribution in [0.4, 0.5) is 11.6 Å². The van der Waals surface area contributed by atoms with E-state index in [1.807, 2.05) is 32.0 Å². The molecule has 1 fully saturated rings. The number of nitrogens with one attached hydrogen (secondary N) is 2. The van der Waals surface area contributed by atoms with Gasteiger partial charge in [0.15, 0.2) is 0 Å². The molecule has 26 heavy (non-hydrogen) atoms. The zero-order chi connectivity index (χ0) is 18.3. The van der Waals surface area contributed by atoms with Crippen molar-refractivity contribution in [3.63, 3.8) is 0 Å². The van der Waals surface area contributed by atoms with Gasteiger partial charge in [0.05, 0.1) is 5.52 Å². The topological polar surface area (TPSA) is 73.9 Å². The van der Waals surface area contributed by atoms with E-state index in [1.165, 1.54) is 0 Å². The summed E-state index contributed by atoms with van der Waals surface area (Å²) in [5, 5.41) is 4.80. The van der Waals surface area contributed by atoms with Crippen molar-refractivity contribution in [3.05, 3.63) is 57.6 Å². The van der Waals surface area contributed by atoms with Crippen LogP contribution >= 0.6 is 0 Å². The number of fused-ring (bicyclic) bond motifs is 1. The molecule has 1 aromatic carbocycles. The van der Waals surface area contributed by atoms with Crippen LogP contribution in [0, 0.1) is 20.8 Å². The van der Waals surface area contributed by atoms with E-state index in [9.17, 15) is 4.79 Å². The highest BCUT2D eigenvalue weighted by molar-refractivity contribution is 5.91. The molecule has 0 amide bonds. The minimum absolute atomic E-state index is 0.0559. The van der Waals surface area contributed by atoms with E-state index in [-0.39, 0.29) is 5.56 Å². The summed E-state index contributed by atoms with van der Waals surface area (Å²) in [6.07, 6.45) is 0.992. The summed E-state index contributed by atoms with van der Waals surface area (Å²) in [4.78, 5) is 26.2. The van der Waals surface area contributed by atoms with E-state index in [4.69, 9.17) is 0 Å². The average Bonchev–Trinajstić information content (AvgIpc) is 3.07. The fourth-order valence-corrected chi connectivity index (χ4v) is 3.50. The zero-order valence-electron chi connectivity index (χ0n) is 15.3. The molecule has 6 nitrogen and oxygen atoms in total. The Hall–Kier alpha value is -2.89. The van der Waals surface area contributed by atoms with Gasteiger partial charge < -0.3 is 10.2 Å². The Balaban J connectivity index is 1.56. The number of H-pyrrole nitrogens is 1. The molecule has 1 saturated heterocycles. The molecule has 3 aromatic rings. The Morgan fingerprint density at radius 2 is 2.00 bits per heavy atom. The Morgan fingerprint density at radius 3 is 2.81 bits per heavy atom. The van der Waals surface area contributed by atoms with E-state index in [0.29, 0.717) is 17.6 Å². The number of para-hydroxylation sites is 1. The zero-order valence-corrected chi connectivity index (χ0v) is 15.3. The predicted octanol–water partition coefficient (Wildman–Crippen LogP) is 2.93. The van der Waals surface area contributed by atoms with Crippen molar-refractivity contribution in [2.75, 3.05) is 23.3 Å². The summed E-state index contributed by atoms with van der Waals surface area (Å²) < 4.78 is 0. The monoisotopic (exact) mass is 349 g/mol. The molecule has 2 aromatic heterocycles. The Morgan fingerprint density at radius 1 is 1.19 bits per heavy atom. The van der Waals surface area contributed by atoms with E-state index < -0.39 is 0 Å². The number of nitrogens with zero attached hydrogens (tertiary/aromatic N) is 3. The third kappa shape index (κ3) is 3.03. The van der Waals surface area contributed by atoms with Crippen LogP contribution in [0.3, 0.4) is 0 Å². The van der Waals surface area contributed by atoms with E-state index in [1.54, 1.807) is 6.92 Å². The van der Waals surface area contributed by atoms with Gasteiger partial charge in [-0.25, -0.2) is 4.98 Å². The molecule has 0 radical (unpaired) electrons. The molecular weight excluding hydrogens is 326 g/mol. The summed E-state index contributed by atoms with van der Waals surface area (Å²) in [6, 6.07) is 10.6. The number of benzene rings is 1. The number of hydrogen-bond acceptors (Lipinski definition) is 5. The third-order valence-corrected chi connectivity index (χ3v) is 5.07. The van der Waals surface area contributed by atoms with Gasteiger partial charge in [0.1, 0.15) is 0 Å². The summed E-state index contributed by atoms with van der Waals surface area (Å²) in [6.45, 7) is 7.37. The Kier molecular flexibility index (Phi) is 4.11. The van der Waals surface area contributed by atoms with Crippen LogP contribution in [0.15, 0.2) is 35.1 Å². The molecule has 134 valence electrons. The van der Waals surface area contributed by atoms with Crippen LogP contribution in [-0.4, -0.2) is 34.1 Å². The highest BCUT2D eigenvalue weighted by Crippen LogP contribution is 2.26. The van der Waals surface area contributed by atoms with Gasteiger partial charge in [0.2, 0.25) is 5.95 Å². The molecule has 1 aliphatic heterocycles. The normalized spacial score (nSPS) is 17.0. The second-order valence-electron chi connectivity index (χ2n) is 7.00. The maximum Gasteiger partial charge on any atom is 0.255 e. The summed E-state index contributed by atoms with van der Waals surface area (Å²) in [7, 11) is 0. The molecule has 1 aliphatic rings. The first kappa shape index (κ1) is 16.6. The number of pyridine rings is 1. The maximum absolute atomic E-state index is 12.0. The number of anilines is 2. The standard InChI is InChI=1S/C20H23N5O/c1-12-10-18(16-6-4-5-7-17(16)21-12)23-15-8-9-25(11-15)20-22-14(3)13(2)19(26)24-20/h4-7,10,15H,8-9,11H2,1-3H3,(H,21,23)(H,22,24,26). The molecule has 0 bridgehead atoms. The Labute approximate surface area is 152 Å². The number of aryl methyl sites for hydroxylation is 2. The minimum atomic E-state index is -0.0559. The van der Waals surface area contributed by atoms with Crippen molar-refractivity contribution >= 4 is 22.5 Å². The summed E-state index contributed by atoms with van der Waals surface area (Å²) >= 11 is 0. The van der Waals surface area contributed by atoms with Crippen molar-refractivity contribution < 1.29 is 0 Å². The minimum Gasteiger partial charge on any atom is -0.380 e. The largest absolute Gasteiger partial charge is 0.380 e. The Bertz CT molecular complexity index is 1030. The number of hydrogen-bond donors (Lipinski definition) is 2. The van der Waals surface area contributed by atoms with Gasteiger partial charge >= 0.3 is 0 Å². The van der Waals surface area contributed by atoms with Crippen LogP contribution in [-0.2, 0) is 0 Å². The van der Waals surface area contributed by atoms with Crippen LogP contribution < -0.4 is 15.8 Å². The van der Waals surface area contributed by atoms with Crippen LogP contribution in [0.25, 0.3) is 10.9 Å². The van der Waals surface area contributed by atoms with Crippen molar-refractivity contribution in [1.29, 1.82) is 0 Å². The van der Waals surface area contributed by atoms with Crippen LogP contribution in [0.1, 0.15) is 23.4 Å². The number of aromatic nitrogens is 3. The predicted molar refractivity (Wildman–Crippen MR) is 105 cm³/mol. The average molecular weight is 349 g/mol. The van der Waals surface area contributed by atoms with Crippen LogP contribution in [0.5, 0.6) is 0 Å². The molecule has 1 atom stereocenters. The number of rotatable bonds is 3. The molecule has 3 heterocycles. The molecule has 0 saturated carbocycles. The fraction of sp³-hybridized carbons (Fsp3) is 0.350. The first-order chi connectivity index (χ1) is 12.5. The van der Waals surface area contributed by atoms with E-state index in [2.05, 4.69) is 37.3 Å². The van der Waals surface area contributed by atoms with Gasteiger partial charge in [0, 0.05) is 47.2 Å². The summed E-state index contributed by atoms with van der Waals surface area (Å²) in [5.74, 6) is 0.665. The molecule has 6 heteroatoms. The molecular formula is C20H23N5O. The van der Waals surface area contributed by atoms with Crippen molar-refractivity contribution in [2.24, 2.45) is 0 Å². The first-order valence-electron chi connectivity index (χ1n) is 8.96. The van der Waals surface area contributed by atoms with Crippen LogP contribution in [0.2, 0.25) is 0 Å². The molecule has 1 unspecified atom stereocenters. The van der Waals surface area contributed by atoms with Crippen molar-refractivity contribution in [1.82, 2.24) is 15.0 Å². The van der Waals surface area contributed by atoms with Gasteiger partial charge in [-0.2, -0.15) is 0 Å². The SMILES string of the molecule is Cc1cc(NC2CCN(c3nc(C)c(C)c(=O)[nH]3)C2)c2ccccc2n1. The molecule has 4 rings (SSSR count). The van der Waals surface area contributed by atoms with Gasteiger partial charge in [-0.15, -0.1) is 0 Å². The summed E-state index contributed by atoms with van der Waals surface area (Å²) in [5.41, 5.74) is 4.53. The lowest BCUT2D eigenvalue weighted by molar-refractivity contribution is 0.803. The fourth-order valence-electron chi connectivity index (χ4n) is 3.50. The van der Waals surface area contributed by atoms with E-state index >= 15 is 0 Å². The van der Waals surface area contributed by atoms with Crippen molar-refractivity contribution in [2.45, 2.75) is 33.2 Å². The lowest BCUT2D eigenvalue weighted by atomic mass is 10.1. The third-order valence-electron chi connectivity index (χ3n) is 5.07. The van der Waals surface area contributed by atoms with Gasteiger partial charge in [0.25, 0.3) is 5.56 Å². The lowest BCUT2D eigenvalue weighted by Gasteiger charge is -2.19. The van der Waals surface area contributed by atoms with Gasteiger partial charge in [-0.05, 0) is 39.3 Å². The van der Waals surface area contributed by atoms with Gasteiger partial charge in [-0.1, -0.05) is 18.2 Å².